The van der Waals surface area contributed by atoms with Crippen LogP contribution in [0.5, 0.6) is 0 Å². The maximum atomic E-state index is 12.5. The quantitative estimate of drug-likeness (QED) is 0.924. The summed E-state index contributed by atoms with van der Waals surface area (Å²) in [7, 11) is 0. The average Bonchev–Trinajstić information content (AvgIpc) is 2.79. The first-order valence-corrected chi connectivity index (χ1v) is 6.90. The summed E-state index contributed by atoms with van der Waals surface area (Å²) in [5.74, 6) is 0. The molecule has 0 radical (unpaired) electrons. The number of nitrogens with two attached hydrogens (primary N) is 1. The van der Waals surface area contributed by atoms with E-state index in [1.807, 2.05) is 50.4 Å². The number of nitrogens with zero attached hydrogens (tertiary/aromatic N) is 1. The highest BCUT2D eigenvalue weighted by atomic mass is 32.1. The maximum Gasteiger partial charge on any atom is 0.256 e. The molecule has 2 heterocycles. The van der Waals surface area contributed by atoms with Gasteiger partial charge in [0.1, 0.15) is 0 Å². The van der Waals surface area contributed by atoms with Gasteiger partial charge in [-0.1, -0.05) is 6.07 Å². The van der Waals surface area contributed by atoms with E-state index in [0.29, 0.717) is 12.1 Å². The zero-order chi connectivity index (χ0) is 13.3. The number of pyridine rings is 1. The van der Waals surface area contributed by atoms with Gasteiger partial charge in [-0.15, -0.1) is 11.3 Å². The van der Waals surface area contributed by atoms with Crippen LogP contribution in [0.4, 0.5) is 0 Å². The highest BCUT2D eigenvalue weighted by Gasteiger charge is 2.20. The largest absolute Gasteiger partial charge is 0.322 e. The second-order valence-corrected chi connectivity index (χ2v) is 5.83. The Kier molecular flexibility index (Phi) is 3.41. The SMILES string of the molecule is CCn1c(-c2cccs2)ccc(C(C)(C)N)c1=O. The van der Waals surface area contributed by atoms with E-state index in [1.165, 1.54) is 0 Å². The molecule has 2 N–H and O–H groups in total. The molecule has 0 saturated heterocycles. The Morgan fingerprint density at radius 2 is 2.06 bits per heavy atom. The summed E-state index contributed by atoms with van der Waals surface area (Å²) in [5, 5.41) is 2.01. The van der Waals surface area contributed by atoms with Gasteiger partial charge in [-0.3, -0.25) is 4.79 Å². The van der Waals surface area contributed by atoms with Crippen LogP contribution in [0.25, 0.3) is 10.6 Å². The lowest BCUT2D eigenvalue weighted by Crippen LogP contribution is -2.38. The van der Waals surface area contributed by atoms with Gasteiger partial charge in [0.05, 0.1) is 10.6 Å². The van der Waals surface area contributed by atoms with Gasteiger partial charge >= 0.3 is 0 Å². The number of hydrogen-bond donors (Lipinski definition) is 1. The highest BCUT2D eigenvalue weighted by molar-refractivity contribution is 7.13. The zero-order valence-electron chi connectivity index (χ0n) is 10.9. The van der Waals surface area contributed by atoms with Crippen LogP contribution in [-0.4, -0.2) is 4.57 Å². The van der Waals surface area contributed by atoms with Crippen molar-refractivity contribution in [1.82, 2.24) is 4.57 Å². The number of hydrogen-bond acceptors (Lipinski definition) is 3. The van der Waals surface area contributed by atoms with Gasteiger partial charge in [0.15, 0.2) is 0 Å². The molecule has 2 aromatic heterocycles. The molecule has 2 aromatic rings. The molecular formula is C14H18N2OS. The minimum Gasteiger partial charge on any atom is -0.322 e. The fourth-order valence-electron chi connectivity index (χ4n) is 2.02. The van der Waals surface area contributed by atoms with E-state index in [9.17, 15) is 4.79 Å². The molecule has 0 amide bonds. The Hall–Kier alpha value is -1.39. The van der Waals surface area contributed by atoms with Gasteiger partial charge in [-0.05, 0) is 44.4 Å². The van der Waals surface area contributed by atoms with Crippen LogP contribution in [0.3, 0.4) is 0 Å². The highest BCUT2D eigenvalue weighted by Crippen LogP contribution is 2.25. The minimum atomic E-state index is -0.609. The van der Waals surface area contributed by atoms with Gasteiger partial charge < -0.3 is 10.3 Å². The molecule has 0 aliphatic carbocycles. The minimum absolute atomic E-state index is 0.0101. The van der Waals surface area contributed by atoms with Crippen molar-refractivity contribution in [3.63, 3.8) is 0 Å². The van der Waals surface area contributed by atoms with E-state index in [-0.39, 0.29) is 5.56 Å². The van der Waals surface area contributed by atoms with Crippen molar-refractivity contribution < 1.29 is 0 Å². The van der Waals surface area contributed by atoms with Gasteiger partial charge in [0.25, 0.3) is 5.56 Å². The second-order valence-electron chi connectivity index (χ2n) is 4.88. The fraction of sp³-hybridized carbons (Fsp3) is 0.357. The van der Waals surface area contributed by atoms with Gasteiger partial charge in [0.2, 0.25) is 0 Å². The molecule has 0 aliphatic rings. The summed E-state index contributed by atoms with van der Waals surface area (Å²) in [6, 6.07) is 7.86. The van der Waals surface area contributed by atoms with E-state index < -0.39 is 5.54 Å². The fourth-order valence-corrected chi connectivity index (χ4v) is 2.78. The van der Waals surface area contributed by atoms with Crippen molar-refractivity contribution in [2.45, 2.75) is 32.9 Å². The molecule has 0 unspecified atom stereocenters. The van der Waals surface area contributed by atoms with Crippen molar-refractivity contribution in [2.75, 3.05) is 0 Å². The van der Waals surface area contributed by atoms with E-state index in [0.717, 1.165) is 10.6 Å². The first kappa shape index (κ1) is 13.1. The predicted octanol–water partition coefficient (Wildman–Crippen LogP) is 2.79. The van der Waals surface area contributed by atoms with Crippen LogP contribution >= 0.6 is 11.3 Å². The standard InChI is InChI=1S/C14H18N2OS/c1-4-16-11(12-6-5-9-18-12)8-7-10(13(16)17)14(2,3)15/h5-9H,4,15H2,1-3H3. The van der Waals surface area contributed by atoms with Crippen LogP contribution in [0.15, 0.2) is 34.4 Å². The smallest absolute Gasteiger partial charge is 0.256 e. The first-order valence-electron chi connectivity index (χ1n) is 6.02. The van der Waals surface area contributed by atoms with Crippen molar-refractivity contribution >= 4 is 11.3 Å². The molecule has 4 heteroatoms. The van der Waals surface area contributed by atoms with Crippen LogP contribution in [0.2, 0.25) is 0 Å². The third-order valence-corrected chi connectivity index (χ3v) is 3.85. The summed E-state index contributed by atoms with van der Waals surface area (Å²) in [6.45, 7) is 6.34. The van der Waals surface area contributed by atoms with Gasteiger partial charge in [0, 0.05) is 17.6 Å². The first-order chi connectivity index (χ1) is 8.45. The van der Waals surface area contributed by atoms with Crippen LogP contribution in [0.1, 0.15) is 26.3 Å². The topological polar surface area (TPSA) is 48.0 Å². The number of aromatic nitrogens is 1. The molecule has 0 fully saturated rings. The molecule has 0 bridgehead atoms. The Labute approximate surface area is 111 Å². The van der Waals surface area contributed by atoms with Crippen LogP contribution in [-0.2, 0) is 12.1 Å². The monoisotopic (exact) mass is 262 g/mol. The molecule has 18 heavy (non-hydrogen) atoms. The Morgan fingerprint density at radius 1 is 1.33 bits per heavy atom. The molecular weight excluding hydrogens is 244 g/mol. The third-order valence-electron chi connectivity index (χ3n) is 2.96. The Bertz CT molecular complexity index is 591. The molecule has 3 nitrogen and oxygen atoms in total. The second kappa shape index (κ2) is 4.71. The lowest BCUT2D eigenvalue weighted by Gasteiger charge is -2.20. The molecule has 2 rings (SSSR count). The lowest BCUT2D eigenvalue weighted by molar-refractivity contribution is 0.536. The third kappa shape index (κ3) is 2.26. The summed E-state index contributed by atoms with van der Waals surface area (Å²) in [5.41, 5.74) is 7.06. The van der Waals surface area contributed by atoms with E-state index >= 15 is 0 Å². The zero-order valence-corrected chi connectivity index (χ0v) is 11.8. The molecule has 0 saturated carbocycles. The Balaban J connectivity index is 2.67. The molecule has 0 aliphatic heterocycles. The summed E-state index contributed by atoms with van der Waals surface area (Å²) in [6.07, 6.45) is 0. The van der Waals surface area contributed by atoms with E-state index in [4.69, 9.17) is 5.73 Å². The van der Waals surface area contributed by atoms with Crippen molar-refractivity contribution in [1.29, 1.82) is 0 Å². The average molecular weight is 262 g/mol. The van der Waals surface area contributed by atoms with Crippen LogP contribution < -0.4 is 11.3 Å². The van der Waals surface area contributed by atoms with Crippen molar-refractivity contribution in [3.8, 4) is 10.6 Å². The van der Waals surface area contributed by atoms with Gasteiger partial charge in [-0.25, -0.2) is 0 Å². The molecule has 96 valence electrons. The lowest BCUT2D eigenvalue weighted by atomic mass is 9.96. The number of thiophene rings is 1. The number of rotatable bonds is 3. The summed E-state index contributed by atoms with van der Waals surface area (Å²) >= 11 is 1.64. The van der Waals surface area contributed by atoms with Gasteiger partial charge in [-0.2, -0.15) is 0 Å². The van der Waals surface area contributed by atoms with E-state index in [1.54, 1.807) is 15.9 Å². The van der Waals surface area contributed by atoms with Crippen LogP contribution in [0, 0.1) is 0 Å². The molecule has 0 aromatic carbocycles. The van der Waals surface area contributed by atoms with Crippen molar-refractivity contribution in [3.05, 3.63) is 45.6 Å². The molecule has 0 spiro atoms. The van der Waals surface area contributed by atoms with E-state index in [2.05, 4.69) is 0 Å². The predicted molar refractivity (Wildman–Crippen MR) is 76.9 cm³/mol. The van der Waals surface area contributed by atoms with Crippen molar-refractivity contribution in [2.24, 2.45) is 5.73 Å². The summed E-state index contributed by atoms with van der Waals surface area (Å²) in [4.78, 5) is 13.6. The normalized spacial score (nSPS) is 11.8. The Morgan fingerprint density at radius 3 is 2.56 bits per heavy atom. The molecule has 0 atom stereocenters. The summed E-state index contributed by atoms with van der Waals surface area (Å²) < 4.78 is 1.79. The maximum absolute atomic E-state index is 12.5.